The molecule has 0 aromatic heterocycles. The van der Waals surface area contributed by atoms with Gasteiger partial charge in [0.05, 0.1) is 18.2 Å². The highest BCUT2D eigenvalue weighted by Gasteiger charge is 2.50. The molecule has 1 N–H and O–H groups in total. The third-order valence-electron chi connectivity index (χ3n) is 3.78. The van der Waals surface area contributed by atoms with Gasteiger partial charge in [-0.3, -0.25) is 0 Å². The van der Waals surface area contributed by atoms with Gasteiger partial charge < -0.3 is 14.7 Å². The van der Waals surface area contributed by atoms with Crippen LogP contribution in [0.25, 0.3) is 0 Å². The largest absolute Gasteiger partial charge is 0.483 e. The van der Waals surface area contributed by atoms with Crippen LogP contribution in [0.15, 0.2) is 29.3 Å². The molecule has 2 aliphatic rings. The van der Waals surface area contributed by atoms with Crippen LogP contribution in [0.5, 0.6) is 0 Å². The van der Waals surface area contributed by atoms with Crippen molar-refractivity contribution in [3.8, 4) is 0 Å². The van der Waals surface area contributed by atoms with Gasteiger partial charge in [0.1, 0.15) is 0 Å². The van der Waals surface area contributed by atoms with E-state index >= 15 is 0 Å². The van der Waals surface area contributed by atoms with Crippen LogP contribution >= 0.6 is 0 Å². The fourth-order valence-electron chi connectivity index (χ4n) is 2.92. The molecule has 0 bridgehead atoms. The Morgan fingerprint density at radius 3 is 2.94 bits per heavy atom. The summed E-state index contributed by atoms with van der Waals surface area (Å²) in [6.07, 6.45) is -0.157. The number of fused-ring (bicyclic) bond motifs is 2. The third kappa shape index (κ3) is 1.33. The molecule has 0 radical (unpaired) electrons. The van der Waals surface area contributed by atoms with Crippen molar-refractivity contribution in [1.29, 1.82) is 0 Å². The highest BCUT2D eigenvalue weighted by Crippen LogP contribution is 2.46. The molecule has 1 aromatic rings. The summed E-state index contributed by atoms with van der Waals surface area (Å²) in [4.78, 5) is 17.0. The van der Waals surface area contributed by atoms with E-state index in [4.69, 9.17) is 9.84 Å². The SMILES string of the molecule is COC1=Nc2ccccc2C12CCN(C(=O)O)C2. The summed E-state index contributed by atoms with van der Waals surface area (Å²) in [5.74, 6) is 0.632. The van der Waals surface area contributed by atoms with E-state index in [9.17, 15) is 4.79 Å². The zero-order valence-corrected chi connectivity index (χ0v) is 10.1. The molecule has 0 saturated carbocycles. The summed E-state index contributed by atoms with van der Waals surface area (Å²) in [6.45, 7) is 0.943. The standard InChI is InChI=1S/C13H14N2O3/c1-18-11-13(6-7-15(8-13)12(16)17)9-4-2-3-5-10(9)14-11/h2-5H,6-8H2,1H3,(H,16,17). The number of methoxy groups -OCH3 is 1. The molecule has 94 valence electrons. The fraction of sp³-hybridized carbons (Fsp3) is 0.385. The molecule has 18 heavy (non-hydrogen) atoms. The quantitative estimate of drug-likeness (QED) is 0.761. The summed E-state index contributed by atoms with van der Waals surface area (Å²) < 4.78 is 5.39. The second-order valence-electron chi connectivity index (χ2n) is 4.67. The molecule has 1 spiro atoms. The van der Waals surface area contributed by atoms with Gasteiger partial charge in [0, 0.05) is 13.1 Å². The number of nitrogens with zero attached hydrogens (tertiary/aromatic N) is 2. The van der Waals surface area contributed by atoms with E-state index in [1.165, 1.54) is 4.90 Å². The Morgan fingerprint density at radius 1 is 1.50 bits per heavy atom. The molecule has 5 heteroatoms. The van der Waals surface area contributed by atoms with Gasteiger partial charge in [-0.25, -0.2) is 9.79 Å². The summed E-state index contributed by atoms with van der Waals surface area (Å²) in [5.41, 5.74) is 1.58. The predicted molar refractivity (Wildman–Crippen MR) is 66.4 cm³/mol. The molecule has 5 nitrogen and oxygen atoms in total. The number of amides is 1. The molecule has 3 rings (SSSR count). The maximum absolute atomic E-state index is 11.1. The van der Waals surface area contributed by atoms with Crippen molar-refractivity contribution in [3.05, 3.63) is 29.8 Å². The molecule has 1 atom stereocenters. The number of rotatable bonds is 0. The van der Waals surface area contributed by atoms with Crippen molar-refractivity contribution in [2.45, 2.75) is 11.8 Å². The van der Waals surface area contributed by atoms with E-state index in [-0.39, 0.29) is 5.41 Å². The number of hydrogen-bond donors (Lipinski definition) is 1. The van der Waals surface area contributed by atoms with Crippen LogP contribution < -0.4 is 0 Å². The first-order chi connectivity index (χ1) is 8.67. The second kappa shape index (κ2) is 3.73. The van der Waals surface area contributed by atoms with Crippen LogP contribution in [0, 0.1) is 0 Å². The summed E-state index contributed by atoms with van der Waals surface area (Å²) in [5, 5.41) is 9.11. The first kappa shape index (κ1) is 11.1. The van der Waals surface area contributed by atoms with Crippen LogP contribution in [-0.2, 0) is 10.2 Å². The summed E-state index contributed by atoms with van der Waals surface area (Å²) >= 11 is 0. The Balaban J connectivity index is 2.06. The molecule has 1 fully saturated rings. The Labute approximate surface area is 105 Å². The molecular weight excluding hydrogens is 232 g/mol. The number of carbonyl (C=O) groups is 1. The maximum Gasteiger partial charge on any atom is 0.407 e. The molecule has 1 aromatic carbocycles. The highest BCUT2D eigenvalue weighted by atomic mass is 16.5. The van der Waals surface area contributed by atoms with Crippen molar-refractivity contribution in [1.82, 2.24) is 4.90 Å². The number of benzene rings is 1. The Kier molecular flexibility index (Phi) is 2.29. The summed E-state index contributed by atoms with van der Waals surface area (Å²) in [6, 6.07) is 7.83. The van der Waals surface area contributed by atoms with Gasteiger partial charge in [0.2, 0.25) is 5.90 Å². The minimum atomic E-state index is -0.883. The maximum atomic E-state index is 11.1. The van der Waals surface area contributed by atoms with Crippen molar-refractivity contribution >= 4 is 17.7 Å². The zero-order valence-electron chi connectivity index (χ0n) is 10.1. The van der Waals surface area contributed by atoms with Crippen LogP contribution in [0.3, 0.4) is 0 Å². The van der Waals surface area contributed by atoms with Gasteiger partial charge in [-0.05, 0) is 18.1 Å². The van der Waals surface area contributed by atoms with Crippen molar-refractivity contribution in [2.24, 2.45) is 4.99 Å². The first-order valence-electron chi connectivity index (χ1n) is 5.88. The average Bonchev–Trinajstić information content (AvgIpc) is 2.94. The predicted octanol–water partition coefficient (Wildman–Crippen LogP) is 2.00. The van der Waals surface area contributed by atoms with Gasteiger partial charge in [0.15, 0.2) is 0 Å². The van der Waals surface area contributed by atoms with E-state index in [0.717, 1.165) is 17.7 Å². The number of likely N-dealkylation sites (tertiary alicyclic amines) is 1. The van der Waals surface area contributed by atoms with E-state index in [0.29, 0.717) is 19.0 Å². The fourth-order valence-corrected chi connectivity index (χ4v) is 2.92. The van der Waals surface area contributed by atoms with Gasteiger partial charge in [-0.1, -0.05) is 18.2 Å². The van der Waals surface area contributed by atoms with Crippen LogP contribution in [-0.4, -0.2) is 42.2 Å². The van der Waals surface area contributed by atoms with E-state index in [1.807, 2.05) is 24.3 Å². The van der Waals surface area contributed by atoms with Crippen molar-refractivity contribution < 1.29 is 14.6 Å². The van der Waals surface area contributed by atoms with Gasteiger partial charge >= 0.3 is 6.09 Å². The van der Waals surface area contributed by atoms with E-state index in [1.54, 1.807) is 7.11 Å². The number of ether oxygens (including phenoxy) is 1. The van der Waals surface area contributed by atoms with Gasteiger partial charge in [-0.15, -0.1) is 0 Å². The molecule has 2 heterocycles. The molecule has 2 aliphatic heterocycles. The lowest BCUT2D eigenvalue weighted by atomic mass is 9.80. The molecule has 1 unspecified atom stereocenters. The first-order valence-corrected chi connectivity index (χ1v) is 5.88. The van der Waals surface area contributed by atoms with Gasteiger partial charge in [0.25, 0.3) is 0 Å². The number of carboxylic acid groups (broad SMARTS) is 1. The molecule has 0 aliphatic carbocycles. The lowest BCUT2D eigenvalue weighted by molar-refractivity contribution is 0.154. The van der Waals surface area contributed by atoms with E-state index in [2.05, 4.69) is 4.99 Å². The van der Waals surface area contributed by atoms with Gasteiger partial charge in [-0.2, -0.15) is 0 Å². The van der Waals surface area contributed by atoms with Crippen molar-refractivity contribution in [2.75, 3.05) is 20.2 Å². The van der Waals surface area contributed by atoms with E-state index < -0.39 is 6.09 Å². The Bertz CT molecular complexity index is 541. The normalized spacial score (nSPS) is 25.2. The summed E-state index contributed by atoms with van der Waals surface area (Å²) in [7, 11) is 1.59. The number of hydrogen-bond acceptors (Lipinski definition) is 3. The van der Waals surface area contributed by atoms with Crippen LogP contribution in [0.2, 0.25) is 0 Å². The van der Waals surface area contributed by atoms with Crippen molar-refractivity contribution in [3.63, 3.8) is 0 Å². The smallest absolute Gasteiger partial charge is 0.407 e. The lowest BCUT2D eigenvalue weighted by Gasteiger charge is -2.25. The lowest BCUT2D eigenvalue weighted by Crippen LogP contribution is -2.38. The minimum Gasteiger partial charge on any atom is -0.483 e. The zero-order chi connectivity index (χ0) is 12.8. The third-order valence-corrected chi connectivity index (χ3v) is 3.78. The Hall–Kier alpha value is -2.04. The molecule has 1 saturated heterocycles. The highest BCUT2D eigenvalue weighted by molar-refractivity contribution is 5.97. The topological polar surface area (TPSA) is 62.1 Å². The minimum absolute atomic E-state index is 0.385. The van der Waals surface area contributed by atoms with Crippen LogP contribution in [0.4, 0.5) is 10.5 Å². The Morgan fingerprint density at radius 2 is 2.28 bits per heavy atom. The number of aliphatic imine (C=N–C) groups is 1. The monoisotopic (exact) mass is 246 g/mol. The second-order valence-corrected chi connectivity index (χ2v) is 4.67. The van der Waals surface area contributed by atoms with Crippen LogP contribution in [0.1, 0.15) is 12.0 Å². The molecule has 1 amide bonds. The number of para-hydroxylation sites is 1. The average molecular weight is 246 g/mol. The molecular formula is C13H14N2O3.